The van der Waals surface area contributed by atoms with Crippen LogP contribution in [0.15, 0.2) is 11.6 Å². The molecule has 0 saturated carbocycles. The molecule has 1 fully saturated rings. The highest BCUT2D eigenvalue weighted by Gasteiger charge is 2.22. The third-order valence-corrected chi connectivity index (χ3v) is 3.90. The van der Waals surface area contributed by atoms with Gasteiger partial charge in [-0.2, -0.15) is 0 Å². The van der Waals surface area contributed by atoms with Crippen LogP contribution in [0.2, 0.25) is 0 Å². The van der Waals surface area contributed by atoms with Crippen LogP contribution in [-0.4, -0.2) is 29.4 Å². The van der Waals surface area contributed by atoms with E-state index in [2.05, 4.69) is 47.7 Å². The number of nitrogens with zero attached hydrogens (tertiary/aromatic N) is 1. The van der Waals surface area contributed by atoms with Gasteiger partial charge in [-0.25, -0.2) is 0 Å². The summed E-state index contributed by atoms with van der Waals surface area (Å²) in [5, 5.41) is 0. The quantitative estimate of drug-likeness (QED) is 0.534. The summed E-state index contributed by atoms with van der Waals surface area (Å²) in [6, 6.07) is 0. The fourth-order valence-electron chi connectivity index (χ4n) is 1.56. The summed E-state index contributed by atoms with van der Waals surface area (Å²) in [5.41, 5.74) is 1.42. The Kier molecular flexibility index (Phi) is 4.47. The van der Waals surface area contributed by atoms with Gasteiger partial charge in [0, 0.05) is 17.9 Å². The van der Waals surface area contributed by atoms with E-state index in [1.807, 2.05) is 0 Å². The first-order valence-electron chi connectivity index (χ1n) is 5.09. The van der Waals surface area contributed by atoms with Crippen LogP contribution in [0.3, 0.4) is 0 Å². The smallest absolute Gasteiger partial charge is 0.0299 e. The Hall–Kier alpha value is 0.180. The molecule has 1 heterocycles. The molecular weight excluding hydrogens is 226 g/mol. The summed E-state index contributed by atoms with van der Waals surface area (Å²) in [6.45, 7) is 10.2. The van der Waals surface area contributed by atoms with E-state index in [0.29, 0.717) is 4.83 Å². The lowest BCUT2D eigenvalue weighted by Crippen LogP contribution is -2.40. The molecule has 1 nitrogen and oxygen atoms in total. The Morgan fingerprint density at radius 1 is 1.54 bits per heavy atom. The van der Waals surface area contributed by atoms with E-state index in [4.69, 9.17) is 0 Å². The van der Waals surface area contributed by atoms with Crippen molar-refractivity contribution in [3.63, 3.8) is 0 Å². The standard InChI is InChI=1S/C11H20BrN/c1-9(2)4-6-13-7-5-10(3)11(12)8-13/h4,10-11H,5-8H2,1-3H3. The molecule has 13 heavy (non-hydrogen) atoms. The molecule has 0 radical (unpaired) electrons. The van der Waals surface area contributed by atoms with Crippen LogP contribution in [0, 0.1) is 5.92 Å². The molecule has 2 heteroatoms. The average molecular weight is 246 g/mol. The van der Waals surface area contributed by atoms with Crippen LogP contribution in [0.4, 0.5) is 0 Å². The van der Waals surface area contributed by atoms with Crippen LogP contribution < -0.4 is 0 Å². The molecule has 0 bridgehead atoms. The SMILES string of the molecule is CC(C)=CCN1CCC(C)C(Br)C1. The maximum atomic E-state index is 3.74. The van der Waals surface area contributed by atoms with Gasteiger partial charge in [0.1, 0.15) is 0 Å². The monoisotopic (exact) mass is 245 g/mol. The van der Waals surface area contributed by atoms with Crippen LogP contribution in [0.1, 0.15) is 27.2 Å². The second-order valence-electron chi connectivity index (χ2n) is 4.32. The van der Waals surface area contributed by atoms with Gasteiger partial charge in [-0.15, -0.1) is 0 Å². The number of alkyl halides is 1. The second kappa shape index (κ2) is 5.16. The zero-order valence-electron chi connectivity index (χ0n) is 8.89. The molecule has 0 aromatic heterocycles. The Morgan fingerprint density at radius 2 is 2.23 bits per heavy atom. The summed E-state index contributed by atoms with van der Waals surface area (Å²) in [5.74, 6) is 0.836. The van der Waals surface area contributed by atoms with Crippen LogP contribution >= 0.6 is 15.9 Å². The lowest BCUT2D eigenvalue weighted by atomic mass is 9.99. The Labute approximate surface area is 90.3 Å². The third-order valence-electron chi connectivity index (χ3n) is 2.71. The fraction of sp³-hybridized carbons (Fsp3) is 0.818. The Morgan fingerprint density at radius 3 is 2.77 bits per heavy atom. The average Bonchev–Trinajstić information content (AvgIpc) is 2.07. The fourth-order valence-corrected chi connectivity index (χ4v) is 2.24. The number of piperidine rings is 1. The number of hydrogen-bond acceptors (Lipinski definition) is 1. The minimum Gasteiger partial charge on any atom is -0.299 e. The van der Waals surface area contributed by atoms with E-state index >= 15 is 0 Å². The highest BCUT2D eigenvalue weighted by atomic mass is 79.9. The predicted molar refractivity (Wildman–Crippen MR) is 62.4 cm³/mol. The number of allylic oxidation sites excluding steroid dienone is 1. The number of hydrogen-bond donors (Lipinski definition) is 0. The van der Waals surface area contributed by atoms with Crippen molar-refractivity contribution in [1.82, 2.24) is 4.90 Å². The van der Waals surface area contributed by atoms with Gasteiger partial charge >= 0.3 is 0 Å². The lowest BCUT2D eigenvalue weighted by molar-refractivity contribution is 0.219. The maximum Gasteiger partial charge on any atom is 0.0299 e. The summed E-state index contributed by atoms with van der Waals surface area (Å²) in [6.07, 6.45) is 3.64. The molecule has 1 rings (SSSR count). The van der Waals surface area contributed by atoms with Crippen LogP contribution in [0.5, 0.6) is 0 Å². The summed E-state index contributed by atoms with van der Waals surface area (Å²) in [4.78, 5) is 3.21. The van der Waals surface area contributed by atoms with E-state index in [1.165, 1.54) is 25.1 Å². The normalized spacial score (nSPS) is 30.2. The van der Waals surface area contributed by atoms with Gasteiger partial charge in [0.2, 0.25) is 0 Å². The second-order valence-corrected chi connectivity index (χ2v) is 5.50. The highest BCUT2D eigenvalue weighted by molar-refractivity contribution is 9.09. The van der Waals surface area contributed by atoms with Gasteiger partial charge in [0.05, 0.1) is 0 Å². The van der Waals surface area contributed by atoms with E-state index in [1.54, 1.807) is 0 Å². The van der Waals surface area contributed by atoms with Crippen LogP contribution in [0.25, 0.3) is 0 Å². The van der Waals surface area contributed by atoms with Gasteiger partial charge in [0.25, 0.3) is 0 Å². The molecular formula is C11H20BrN. The van der Waals surface area contributed by atoms with Gasteiger partial charge in [-0.05, 0) is 32.7 Å². The third kappa shape index (κ3) is 3.82. The Balaban J connectivity index is 2.33. The molecule has 1 saturated heterocycles. The van der Waals surface area contributed by atoms with Crippen molar-refractivity contribution >= 4 is 15.9 Å². The summed E-state index contributed by atoms with van der Waals surface area (Å²) in [7, 11) is 0. The molecule has 1 aliphatic rings. The molecule has 0 aromatic carbocycles. The molecule has 0 aliphatic carbocycles. The van der Waals surface area contributed by atoms with Crippen molar-refractivity contribution in [2.45, 2.75) is 32.0 Å². The number of rotatable bonds is 2. The first-order valence-corrected chi connectivity index (χ1v) is 6.01. The van der Waals surface area contributed by atoms with Crippen molar-refractivity contribution in [2.75, 3.05) is 19.6 Å². The molecule has 2 atom stereocenters. The summed E-state index contributed by atoms with van der Waals surface area (Å²) >= 11 is 3.74. The molecule has 1 aliphatic heterocycles. The molecule has 0 spiro atoms. The lowest BCUT2D eigenvalue weighted by Gasteiger charge is -2.33. The zero-order valence-corrected chi connectivity index (χ0v) is 10.5. The molecule has 0 aromatic rings. The minimum atomic E-state index is 0.687. The predicted octanol–water partition coefficient (Wildman–Crippen LogP) is 3.06. The summed E-state index contributed by atoms with van der Waals surface area (Å²) < 4.78 is 0. The van der Waals surface area contributed by atoms with E-state index in [-0.39, 0.29) is 0 Å². The maximum absolute atomic E-state index is 3.74. The van der Waals surface area contributed by atoms with Gasteiger partial charge in [0.15, 0.2) is 0 Å². The largest absolute Gasteiger partial charge is 0.299 e. The first kappa shape index (κ1) is 11.3. The molecule has 0 amide bonds. The van der Waals surface area contributed by atoms with Crippen molar-refractivity contribution < 1.29 is 0 Å². The van der Waals surface area contributed by atoms with Crippen molar-refractivity contribution in [3.05, 3.63) is 11.6 Å². The van der Waals surface area contributed by atoms with Crippen molar-refractivity contribution in [1.29, 1.82) is 0 Å². The zero-order chi connectivity index (χ0) is 9.84. The number of halogens is 1. The number of likely N-dealkylation sites (tertiary alicyclic amines) is 1. The van der Waals surface area contributed by atoms with Crippen molar-refractivity contribution in [2.24, 2.45) is 5.92 Å². The van der Waals surface area contributed by atoms with Gasteiger partial charge < -0.3 is 0 Å². The van der Waals surface area contributed by atoms with E-state index in [9.17, 15) is 0 Å². The molecule has 2 unspecified atom stereocenters. The molecule has 76 valence electrons. The first-order chi connectivity index (χ1) is 6.09. The Bertz CT molecular complexity index is 185. The van der Waals surface area contributed by atoms with Crippen LogP contribution in [-0.2, 0) is 0 Å². The van der Waals surface area contributed by atoms with Crippen molar-refractivity contribution in [3.8, 4) is 0 Å². The topological polar surface area (TPSA) is 3.24 Å². The van der Waals surface area contributed by atoms with Gasteiger partial charge in [-0.1, -0.05) is 34.5 Å². The van der Waals surface area contributed by atoms with E-state index < -0.39 is 0 Å². The van der Waals surface area contributed by atoms with E-state index in [0.717, 1.165) is 12.5 Å². The minimum absolute atomic E-state index is 0.687. The van der Waals surface area contributed by atoms with Gasteiger partial charge in [-0.3, -0.25) is 4.90 Å². The molecule has 0 N–H and O–H groups in total. The highest BCUT2D eigenvalue weighted by Crippen LogP contribution is 2.22.